The van der Waals surface area contributed by atoms with Crippen molar-refractivity contribution in [3.63, 3.8) is 0 Å². The fourth-order valence-electron chi connectivity index (χ4n) is 3.80. The first-order valence-electron chi connectivity index (χ1n) is 8.24. The summed E-state index contributed by atoms with van der Waals surface area (Å²) >= 11 is 5.12. The normalized spacial score (nSPS) is 25.5. The molecule has 0 aromatic heterocycles. The summed E-state index contributed by atoms with van der Waals surface area (Å²) in [7, 11) is 0. The molecule has 1 aromatic rings. The average Bonchev–Trinajstić information content (AvgIpc) is 3.00. The number of allylic oxidation sites excluding steroid dienone is 4. The SMILES string of the molecule is CC1(C)CCC2=C(C1=O)C(c1ccc(F)c(Br)c1)C1=C(CCS1)N2. The molecule has 2 aliphatic heterocycles. The average molecular weight is 408 g/mol. The van der Waals surface area contributed by atoms with E-state index in [1.807, 2.05) is 37.7 Å². The number of hydrogen-bond donors (Lipinski definition) is 1. The number of thioether (sulfide) groups is 1. The Morgan fingerprint density at radius 3 is 2.83 bits per heavy atom. The maximum Gasteiger partial charge on any atom is 0.167 e. The molecule has 1 unspecified atom stereocenters. The summed E-state index contributed by atoms with van der Waals surface area (Å²) < 4.78 is 14.2. The summed E-state index contributed by atoms with van der Waals surface area (Å²) in [5.41, 5.74) is 3.86. The lowest BCUT2D eigenvalue weighted by Crippen LogP contribution is -2.38. The molecular weight excluding hydrogens is 389 g/mol. The number of carbonyl (C=O) groups is 1. The number of halogens is 2. The van der Waals surface area contributed by atoms with Gasteiger partial charge in [-0.3, -0.25) is 4.79 Å². The zero-order chi connectivity index (χ0) is 17.1. The second-order valence-corrected chi connectivity index (χ2v) is 9.27. The molecule has 0 bridgehead atoms. The summed E-state index contributed by atoms with van der Waals surface area (Å²) in [5, 5.41) is 3.54. The van der Waals surface area contributed by atoms with Crippen LogP contribution in [0.1, 0.15) is 44.6 Å². The van der Waals surface area contributed by atoms with Gasteiger partial charge in [-0.25, -0.2) is 4.39 Å². The molecule has 0 radical (unpaired) electrons. The highest BCUT2D eigenvalue weighted by Gasteiger charge is 2.44. The van der Waals surface area contributed by atoms with Crippen molar-refractivity contribution in [2.75, 3.05) is 5.75 Å². The van der Waals surface area contributed by atoms with Crippen LogP contribution >= 0.6 is 27.7 Å². The van der Waals surface area contributed by atoms with Gasteiger partial charge in [0.25, 0.3) is 0 Å². The highest BCUT2D eigenvalue weighted by atomic mass is 79.9. The largest absolute Gasteiger partial charge is 0.361 e. The Hall–Kier alpha value is -1.07. The molecule has 0 amide bonds. The molecule has 5 heteroatoms. The zero-order valence-electron chi connectivity index (χ0n) is 13.7. The minimum absolute atomic E-state index is 0.0623. The van der Waals surface area contributed by atoms with Crippen LogP contribution in [0.3, 0.4) is 0 Å². The molecule has 0 fully saturated rings. The molecular formula is C19H19BrFNOS. The van der Waals surface area contributed by atoms with Crippen molar-refractivity contribution in [2.24, 2.45) is 5.41 Å². The quantitative estimate of drug-likeness (QED) is 0.687. The van der Waals surface area contributed by atoms with Gasteiger partial charge in [0.2, 0.25) is 0 Å². The summed E-state index contributed by atoms with van der Waals surface area (Å²) in [6.07, 6.45) is 2.77. The Labute approximate surface area is 154 Å². The van der Waals surface area contributed by atoms with Crippen LogP contribution in [-0.4, -0.2) is 11.5 Å². The summed E-state index contributed by atoms with van der Waals surface area (Å²) in [6.45, 7) is 4.06. The first kappa shape index (κ1) is 16.4. The van der Waals surface area contributed by atoms with E-state index >= 15 is 0 Å². The maximum atomic E-state index is 13.7. The van der Waals surface area contributed by atoms with E-state index in [1.165, 1.54) is 16.7 Å². The summed E-state index contributed by atoms with van der Waals surface area (Å²) in [5.74, 6) is 0.924. The molecule has 1 aliphatic carbocycles. The first-order valence-corrected chi connectivity index (χ1v) is 10.0. The van der Waals surface area contributed by atoms with Gasteiger partial charge >= 0.3 is 0 Å². The lowest BCUT2D eigenvalue weighted by atomic mass is 9.69. The van der Waals surface area contributed by atoms with E-state index in [0.29, 0.717) is 4.47 Å². The molecule has 0 saturated heterocycles. The molecule has 126 valence electrons. The molecule has 1 aromatic carbocycles. The monoisotopic (exact) mass is 407 g/mol. The van der Waals surface area contributed by atoms with Crippen LogP contribution in [0.25, 0.3) is 0 Å². The van der Waals surface area contributed by atoms with Gasteiger partial charge in [0.15, 0.2) is 5.78 Å². The number of rotatable bonds is 1. The lowest BCUT2D eigenvalue weighted by Gasteiger charge is -2.39. The zero-order valence-corrected chi connectivity index (χ0v) is 16.1. The van der Waals surface area contributed by atoms with Gasteiger partial charge in [-0.05, 0) is 52.9 Å². The Morgan fingerprint density at radius 1 is 1.29 bits per heavy atom. The number of nitrogens with one attached hydrogen (secondary N) is 1. The second-order valence-electron chi connectivity index (χ2n) is 7.28. The van der Waals surface area contributed by atoms with Gasteiger partial charge in [-0.15, -0.1) is 11.8 Å². The first-order chi connectivity index (χ1) is 11.4. The van der Waals surface area contributed by atoms with Crippen LogP contribution in [0.15, 0.2) is 44.5 Å². The number of carbonyl (C=O) groups excluding carboxylic acids is 1. The second kappa shape index (κ2) is 5.73. The van der Waals surface area contributed by atoms with E-state index in [2.05, 4.69) is 21.2 Å². The highest BCUT2D eigenvalue weighted by molar-refractivity contribution is 9.10. The van der Waals surface area contributed by atoms with E-state index in [4.69, 9.17) is 0 Å². The third-order valence-electron chi connectivity index (χ3n) is 5.22. The lowest BCUT2D eigenvalue weighted by molar-refractivity contribution is -0.124. The van der Waals surface area contributed by atoms with Crippen molar-refractivity contribution in [2.45, 2.75) is 39.0 Å². The molecule has 4 rings (SSSR count). The van der Waals surface area contributed by atoms with Crippen molar-refractivity contribution in [1.29, 1.82) is 0 Å². The smallest absolute Gasteiger partial charge is 0.167 e. The van der Waals surface area contributed by atoms with Crippen LogP contribution in [0.5, 0.6) is 0 Å². The summed E-state index contributed by atoms with van der Waals surface area (Å²) in [4.78, 5) is 14.4. The minimum atomic E-state index is -0.336. The third kappa shape index (κ3) is 2.48. The van der Waals surface area contributed by atoms with E-state index in [0.717, 1.165) is 41.8 Å². The standard InChI is InChI=1S/C19H19BrFNOS/c1-19(2)7-5-13-16(18(19)23)15(17-14(22-13)6-8-24-17)10-3-4-12(21)11(20)9-10/h3-4,9,15,22H,5-8H2,1-2H3. The van der Waals surface area contributed by atoms with Crippen molar-refractivity contribution in [3.8, 4) is 0 Å². The molecule has 24 heavy (non-hydrogen) atoms. The fraction of sp³-hybridized carbons (Fsp3) is 0.421. The van der Waals surface area contributed by atoms with Crippen LogP contribution in [0.4, 0.5) is 4.39 Å². The predicted molar refractivity (Wildman–Crippen MR) is 99.1 cm³/mol. The van der Waals surface area contributed by atoms with Gasteiger partial charge in [0.05, 0.1) is 4.47 Å². The number of benzene rings is 1. The van der Waals surface area contributed by atoms with Crippen molar-refractivity contribution in [3.05, 3.63) is 55.9 Å². The van der Waals surface area contributed by atoms with Gasteiger partial charge in [-0.2, -0.15) is 0 Å². The Morgan fingerprint density at radius 2 is 2.08 bits per heavy atom. The number of Topliss-reactive ketones (excluding diaryl/α,β-unsaturated/α-hetero) is 1. The Bertz CT molecular complexity index is 812. The minimum Gasteiger partial charge on any atom is -0.361 e. The molecule has 2 nitrogen and oxygen atoms in total. The van der Waals surface area contributed by atoms with E-state index in [1.54, 1.807) is 0 Å². The topological polar surface area (TPSA) is 29.1 Å². The van der Waals surface area contributed by atoms with Crippen LogP contribution in [-0.2, 0) is 4.79 Å². The van der Waals surface area contributed by atoms with Gasteiger partial charge in [-0.1, -0.05) is 19.9 Å². The Balaban J connectivity index is 1.88. The molecule has 3 aliphatic rings. The Kier molecular flexibility index (Phi) is 3.92. The van der Waals surface area contributed by atoms with Gasteiger partial charge in [0, 0.05) is 39.0 Å². The van der Waals surface area contributed by atoms with E-state index < -0.39 is 0 Å². The molecule has 0 saturated carbocycles. The molecule has 1 N–H and O–H groups in total. The maximum absolute atomic E-state index is 13.7. The summed E-state index contributed by atoms with van der Waals surface area (Å²) in [6, 6.07) is 5.13. The van der Waals surface area contributed by atoms with Crippen molar-refractivity contribution >= 4 is 33.5 Å². The van der Waals surface area contributed by atoms with Crippen LogP contribution in [0, 0.1) is 11.2 Å². The predicted octanol–water partition coefficient (Wildman–Crippen LogP) is 5.27. The van der Waals surface area contributed by atoms with E-state index in [9.17, 15) is 9.18 Å². The van der Waals surface area contributed by atoms with Crippen molar-refractivity contribution in [1.82, 2.24) is 5.32 Å². The van der Waals surface area contributed by atoms with Gasteiger partial charge < -0.3 is 5.32 Å². The van der Waals surface area contributed by atoms with Crippen LogP contribution in [0.2, 0.25) is 0 Å². The van der Waals surface area contributed by atoms with Crippen LogP contribution < -0.4 is 5.32 Å². The number of dihydropyridines is 1. The fourth-order valence-corrected chi connectivity index (χ4v) is 5.47. The number of hydrogen-bond acceptors (Lipinski definition) is 3. The van der Waals surface area contributed by atoms with E-state index in [-0.39, 0.29) is 22.9 Å². The third-order valence-corrected chi connectivity index (χ3v) is 7.03. The molecule has 2 heterocycles. The highest BCUT2D eigenvalue weighted by Crippen LogP contribution is 2.52. The van der Waals surface area contributed by atoms with Crippen molar-refractivity contribution < 1.29 is 9.18 Å². The van der Waals surface area contributed by atoms with Gasteiger partial charge in [0.1, 0.15) is 5.82 Å². The molecule has 0 spiro atoms. The molecule has 1 atom stereocenters. The number of ketones is 1.